The Labute approximate surface area is 69.2 Å². The molecule has 1 unspecified atom stereocenters. The molecule has 0 radical (unpaired) electrons. The van der Waals surface area contributed by atoms with E-state index in [2.05, 4.69) is 5.92 Å². The molecule has 0 spiro atoms. The maximum absolute atomic E-state index is 12.6. The van der Waals surface area contributed by atoms with Crippen LogP contribution in [0.25, 0.3) is 0 Å². The third kappa shape index (κ3) is 1.60. The van der Waals surface area contributed by atoms with E-state index in [1.165, 1.54) is 6.07 Å². The van der Waals surface area contributed by atoms with Gasteiger partial charge in [0.1, 0.15) is 0 Å². The van der Waals surface area contributed by atoms with Crippen LogP contribution in [0.1, 0.15) is 11.6 Å². The summed E-state index contributed by atoms with van der Waals surface area (Å²) in [5, 5.41) is 0. The molecular formula is C9H7F2N. The van der Waals surface area contributed by atoms with Crippen molar-refractivity contribution in [1.82, 2.24) is 0 Å². The second kappa shape index (κ2) is 3.33. The Balaban J connectivity index is 3.06. The number of hydrogen-bond acceptors (Lipinski definition) is 1. The Morgan fingerprint density at radius 2 is 2.00 bits per heavy atom. The molecule has 12 heavy (non-hydrogen) atoms. The van der Waals surface area contributed by atoms with Crippen molar-refractivity contribution in [1.29, 1.82) is 0 Å². The lowest BCUT2D eigenvalue weighted by molar-refractivity contribution is 0.506. The molecule has 0 amide bonds. The second-order valence-electron chi connectivity index (χ2n) is 2.32. The van der Waals surface area contributed by atoms with E-state index in [-0.39, 0.29) is 0 Å². The SMILES string of the molecule is C#CC(N)c1ccc(F)c(F)c1. The number of halogens is 2. The molecule has 1 rings (SSSR count). The molecule has 0 aliphatic carbocycles. The zero-order chi connectivity index (χ0) is 9.14. The molecule has 2 N–H and O–H groups in total. The fourth-order valence-electron chi connectivity index (χ4n) is 0.802. The van der Waals surface area contributed by atoms with Gasteiger partial charge in [-0.15, -0.1) is 6.42 Å². The van der Waals surface area contributed by atoms with Crippen LogP contribution in [0, 0.1) is 24.0 Å². The van der Waals surface area contributed by atoms with Crippen LogP contribution in [0.5, 0.6) is 0 Å². The van der Waals surface area contributed by atoms with Crippen molar-refractivity contribution in [2.45, 2.75) is 6.04 Å². The first-order valence-corrected chi connectivity index (χ1v) is 3.32. The maximum Gasteiger partial charge on any atom is 0.159 e. The Morgan fingerprint density at radius 3 is 2.50 bits per heavy atom. The summed E-state index contributed by atoms with van der Waals surface area (Å²) in [6.45, 7) is 0. The summed E-state index contributed by atoms with van der Waals surface area (Å²) >= 11 is 0. The highest BCUT2D eigenvalue weighted by Gasteiger charge is 2.06. The number of rotatable bonds is 1. The van der Waals surface area contributed by atoms with Gasteiger partial charge in [-0.1, -0.05) is 12.0 Å². The standard InChI is InChI=1S/C9H7F2N/c1-2-9(12)6-3-4-7(10)8(11)5-6/h1,3-5,9H,12H2. The monoisotopic (exact) mass is 167 g/mol. The highest BCUT2D eigenvalue weighted by molar-refractivity contribution is 5.26. The van der Waals surface area contributed by atoms with Crippen molar-refractivity contribution in [3.8, 4) is 12.3 Å². The van der Waals surface area contributed by atoms with Gasteiger partial charge in [-0.2, -0.15) is 0 Å². The van der Waals surface area contributed by atoms with Gasteiger partial charge in [-0.25, -0.2) is 8.78 Å². The predicted octanol–water partition coefficient (Wildman–Crippen LogP) is 1.60. The van der Waals surface area contributed by atoms with Crippen LogP contribution in [0.15, 0.2) is 18.2 Å². The van der Waals surface area contributed by atoms with Crippen molar-refractivity contribution >= 4 is 0 Å². The molecular weight excluding hydrogens is 160 g/mol. The Morgan fingerprint density at radius 1 is 1.33 bits per heavy atom. The zero-order valence-electron chi connectivity index (χ0n) is 6.22. The first kappa shape index (κ1) is 8.69. The molecule has 0 saturated carbocycles. The van der Waals surface area contributed by atoms with E-state index >= 15 is 0 Å². The topological polar surface area (TPSA) is 26.0 Å². The van der Waals surface area contributed by atoms with Gasteiger partial charge in [-0.3, -0.25) is 0 Å². The minimum absolute atomic E-state index is 0.399. The van der Waals surface area contributed by atoms with Gasteiger partial charge < -0.3 is 5.73 Å². The molecule has 0 aliphatic rings. The summed E-state index contributed by atoms with van der Waals surface area (Å²) in [6.07, 6.45) is 5.00. The molecule has 3 heteroatoms. The highest BCUT2D eigenvalue weighted by Crippen LogP contribution is 2.13. The van der Waals surface area contributed by atoms with Gasteiger partial charge in [0, 0.05) is 0 Å². The highest BCUT2D eigenvalue weighted by atomic mass is 19.2. The van der Waals surface area contributed by atoms with Crippen molar-refractivity contribution in [3.05, 3.63) is 35.4 Å². The van der Waals surface area contributed by atoms with Gasteiger partial charge in [0.15, 0.2) is 11.6 Å². The molecule has 1 aromatic rings. The third-order valence-electron chi connectivity index (χ3n) is 1.48. The molecule has 0 fully saturated rings. The molecule has 1 aromatic carbocycles. The molecule has 0 saturated heterocycles. The van der Waals surface area contributed by atoms with E-state index in [9.17, 15) is 8.78 Å². The van der Waals surface area contributed by atoms with E-state index in [4.69, 9.17) is 12.2 Å². The Bertz CT molecular complexity index is 328. The van der Waals surface area contributed by atoms with Gasteiger partial charge in [0.25, 0.3) is 0 Å². The van der Waals surface area contributed by atoms with Crippen molar-refractivity contribution in [3.63, 3.8) is 0 Å². The first-order chi connectivity index (χ1) is 5.65. The van der Waals surface area contributed by atoms with Gasteiger partial charge in [0.2, 0.25) is 0 Å². The van der Waals surface area contributed by atoms with E-state index in [0.29, 0.717) is 5.56 Å². The summed E-state index contributed by atoms with van der Waals surface area (Å²) in [5.41, 5.74) is 5.79. The fraction of sp³-hybridized carbons (Fsp3) is 0.111. The lowest BCUT2D eigenvalue weighted by Crippen LogP contribution is -2.07. The predicted molar refractivity (Wildman–Crippen MR) is 42.1 cm³/mol. The van der Waals surface area contributed by atoms with Gasteiger partial charge in [-0.05, 0) is 17.7 Å². The lowest BCUT2D eigenvalue weighted by atomic mass is 10.1. The Kier molecular flexibility index (Phi) is 2.41. The average molecular weight is 167 g/mol. The van der Waals surface area contributed by atoms with Crippen LogP contribution in [-0.2, 0) is 0 Å². The number of benzene rings is 1. The van der Waals surface area contributed by atoms with E-state index < -0.39 is 17.7 Å². The first-order valence-electron chi connectivity index (χ1n) is 3.32. The lowest BCUT2D eigenvalue weighted by Gasteiger charge is -2.03. The smallest absolute Gasteiger partial charge is 0.159 e. The summed E-state index contributed by atoms with van der Waals surface area (Å²) < 4.78 is 25.0. The molecule has 0 aliphatic heterocycles. The van der Waals surface area contributed by atoms with Crippen molar-refractivity contribution in [2.75, 3.05) is 0 Å². The van der Waals surface area contributed by atoms with Gasteiger partial charge in [0.05, 0.1) is 6.04 Å². The zero-order valence-corrected chi connectivity index (χ0v) is 6.22. The maximum atomic E-state index is 12.6. The molecule has 1 nitrogen and oxygen atoms in total. The van der Waals surface area contributed by atoms with E-state index in [0.717, 1.165) is 12.1 Å². The quantitative estimate of drug-likeness (QED) is 0.631. The average Bonchev–Trinajstić information content (AvgIpc) is 2.08. The van der Waals surface area contributed by atoms with E-state index in [1.807, 2.05) is 0 Å². The second-order valence-corrected chi connectivity index (χ2v) is 2.32. The summed E-state index contributed by atoms with van der Waals surface area (Å²) in [4.78, 5) is 0. The summed E-state index contributed by atoms with van der Waals surface area (Å²) in [6, 6.07) is 2.69. The minimum Gasteiger partial charge on any atom is -0.314 e. The molecule has 1 atom stereocenters. The largest absolute Gasteiger partial charge is 0.314 e. The summed E-state index contributed by atoms with van der Waals surface area (Å²) in [5.74, 6) is 0.384. The van der Waals surface area contributed by atoms with Crippen LogP contribution in [0.4, 0.5) is 8.78 Å². The van der Waals surface area contributed by atoms with Crippen LogP contribution in [0.3, 0.4) is 0 Å². The number of hydrogen-bond donors (Lipinski definition) is 1. The normalized spacial score (nSPS) is 12.2. The fourth-order valence-corrected chi connectivity index (χ4v) is 0.802. The number of nitrogens with two attached hydrogens (primary N) is 1. The van der Waals surface area contributed by atoms with Crippen LogP contribution >= 0.6 is 0 Å². The van der Waals surface area contributed by atoms with Crippen LogP contribution in [0.2, 0.25) is 0 Å². The van der Waals surface area contributed by atoms with Crippen molar-refractivity contribution < 1.29 is 8.78 Å². The van der Waals surface area contributed by atoms with Crippen LogP contribution < -0.4 is 5.73 Å². The van der Waals surface area contributed by atoms with Crippen LogP contribution in [-0.4, -0.2) is 0 Å². The molecule has 0 bridgehead atoms. The van der Waals surface area contributed by atoms with Gasteiger partial charge >= 0.3 is 0 Å². The molecule has 62 valence electrons. The third-order valence-corrected chi connectivity index (χ3v) is 1.48. The van der Waals surface area contributed by atoms with Crippen molar-refractivity contribution in [2.24, 2.45) is 5.73 Å². The van der Waals surface area contributed by atoms with E-state index in [1.54, 1.807) is 0 Å². The number of terminal acetylenes is 1. The minimum atomic E-state index is -0.932. The molecule has 0 heterocycles. The summed E-state index contributed by atoms with van der Waals surface area (Å²) in [7, 11) is 0. The molecule has 0 aromatic heterocycles. The Hall–Kier alpha value is -1.40.